The van der Waals surface area contributed by atoms with Crippen LogP contribution in [0.4, 0.5) is 5.69 Å². The molecule has 1 fully saturated rings. The average Bonchev–Trinajstić information content (AvgIpc) is 2.25. The van der Waals surface area contributed by atoms with Crippen molar-refractivity contribution in [1.82, 2.24) is 0 Å². The molecule has 15 heavy (non-hydrogen) atoms. The zero-order valence-electron chi connectivity index (χ0n) is 8.60. The molecule has 0 spiro atoms. The van der Waals surface area contributed by atoms with E-state index in [2.05, 4.69) is 55.4 Å². The molecule has 0 atom stereocenters. The maximum absolute atomic E-state index is 3.61. The normalized spacial score (nSPS) is 17.7. The quantitative estimate of drug-likeness (QED) is 0.807. The van der Waals surface area contributed by atoms with Crippen LogP contribution in [0.1, 0.15) is 32.1 Å². The highest BCUT2D eigenvalue weighted by Crippen LogP contribution is 2.29. The maximum Gasteiger partial charge on any atom is 0.0498 e. The minimum Gasteiger partial charge on any atom is -0.381 e. The van der Waals surface area contributed by atoms with Crippen LogP contribution in [0.3, 0.4) is 0 Å². The van der Waals surface area contributed by atoms with Crippen molar-refractivity contribution in [2.45, 2.75) is 38.1 Å². The molecule has 0 aromatic heterocycles. The van der Waals surface area contributed by atoms with Gasteiger partial charge in [0.05, 0.1) is 0 Å². The molecule has 0 aliphatic heterocycles. The third-order valence-corrected chi connectivity index (χ3v) is 4.08. The first-order valence-corrected chi connectivity index (χ1v) is 7.06. The molecule has 1 aromatic rings. The summed E-state index contributed by atoms with van der Waals surface area (Å²) < 4.78 is 2.28. The first-order valence-electron chi connectivity index (χ1n) is 5.47. The molecule has 0 heterocycles. The van der Waals surface area contributed by atoms with Crippen LogP contribution in [-0.2, 0) is 0 Å². The lowest BCUT2D eigenvalue weighted by molar-refractivity contribution is 0.462. The number of halogens is 2. The number of hydrogen-bond acceptors (Lipinski definition) is 1. The zero-order chi connectivity index (χ0) is 10.7. The number of anilines is 1. The molecule has 3 heteroatoms. The third kappa shape index (κ3) is 3.22. The average molecular weight is 333 g/mol. The fraction of sp³-hybridized carbons (Fsp3) is 0.500. The van der Waals surface area contributed by atoms with Gasteiger partial charge in [0, 0.05) is 20.7 Å². The highest BCUT2D eigenvalue weighted by molar-refractivity contribution is 9.11. The van der Waals surface area contributed by atoms with Gasteiger partial charge in [-0.15, -0.1) is 0 Å². The van der Waals surface area contributed by atoms with E-state index in [1.54, 1.807) is 0 Å². The first-order chi connectivity index (χ1) is 7.25. The van der Waals surface area contributed by atoms with Crippen molar-refractivity contribution < 1.29 is 0 Å². The van der Waals surface area contributed by atoms with Gasteiger partial charge in [0.15, 0.2) is 0 Å². The van der Waals surface area contributed by atoms with Gasteiger partial charge in [0.2, 0.25) is 0 Å². The molecular formula is C12H15Br2N. The molecular weight excluding hydrogens is 318 g/mol. The van der Waals surface area contributed by atoms with Crippen LogP contribution in [-0.4, -0.2) is 6.04 Å². The van der Waals surface area contributed by atoms with Crippen molar-refractivity contribution in [3.8, 4) is 0 Å². The van der Waals surface area contributed by atoms with E-state index in [1.165, 1.54) is 37.8 Å². The molecule has 1 aliphatic rings. The molecule has 1 saturated carbocycles. The van der Waals surface area contributed by atoms with Crippen LogP contribution < -0.4 is 5.32 Å². The molecule has 0 saturated heterocycles. The predicted molar refractivity (Wildman–Crippen MR) is 72.3 cm³/mol. The summed E-state index contributed by atoms with van der Waals surface area (Å²) in [5, 5.41) is 3.61. The molecule has 1 N–H and O–H groups in total. The summed E-state index contributed by atoms with van der Waals surface area (Å²) in [6, 6.07) is 6.92. The Labute approximate surface area is 108 Å². The van der Waals surface area contributed by atoms with E-state index in [0.29, 0.717) is 6.04 Å². The Morgan fingerprint density at radius 3 is 2.53 bits per heavy atom. The Bertz CT molecular complexity index is 332. The molecule has 1 nitrogen and oxygen atoms in total. The monoisotopic (exact) mass is 331 g/mol. The van der Waals surface area contributed by atoms with Gasteiger partial charge in [-0.25, -0.2) is 0 Å². The fourth-order valence-corrected chi connectivity index (χ4v) is 2.80. The van der Waals surface area contributed by atoms with Crippen LogP contribution in [0.2, 0.25) is 0 Å². The summed E-state index contributed by atoms with van der Waals surface area (Å²) in [5.41, 5.74) is 1.20. The van der Waals surface area contributed by atoms with Gasteiger partial charge in [-0.05, 0) is 47.0 Å². The summed E-state index contributed by atoms with van der Waals surface area (Å²) >= 11 is 7.07. The van der Waals surface area contributed by atoms with Gasteiger partial charge in [0.25, 0.3) is 0 Å². The van der Waals surface area contributed by atoms with Gasteiger partial charge in [-0.1, -0.05) is 35.2 Å². The van der Waals surface area contributed by atoms with Gasteiger partial charge < -0.3 is 5.32 Å². The minimum atomic E-state index is 0.657. The van der Waals surface area contributed by atoms with Crippen molar-refractivity contribution in [2.24, 2.45) is 0 Å². The summed E-state index contributed by atoms with van der Waals surface area (Å²) in [6.07, 6.45) is 6.74. The number of nitrogens with one attached hydrogen (secondary N) is 1. The molecule has 0 bridgehead atoms. The number of hydrogen-bond donors (Lipinski definition) is 1. The smallest absolute Gasteiger partial charge is 0.0498 e. The van der Waals surface area contributed by atoms with Crippen molar-refractivity contribution in [2.75, 3.05) is 5.32 Å². The van der Waals surface area contributed by atoms with Crippen molar-refractivity contribution in [1.29, 1.82) is 0 Å². The summed E-state index contributed by atoms with van der Waals surface area (Å²) in [5.74, 6) is 0. The Hall–Kier alpha value is -0.0200. The van der Waals surface area contributed by atoms with Crippen LogP contribution in [0.5, 0.6) is 0 Å². The Balaban J connectivity index is 2.05. The lowest BCUT2D eigenvalue weighted by Crippen LogP contribution is -2.22. The molecule has 1 aromatic carbocycles. The van der Waals surface area contributed by atoms with Gasteiger partial charge in [-0.3, -0.25) is 0 Å². The maximum atomic E-state index is 3.61. The standard InChI is InChI=1S/C12H15Br2N/c13-9-6-7-11(14)12(8-9)15-10-4-2-1-3-5-10/h6-8,10,15H,1-5H2. The highest BCUT2D eigenvalue weighted by Gasteiger charge is 2.13. The van der Waals surface area contributed by atoms with Gasteiger partial charge >= 0.3 is 0 Å². The van der Waals surface area contributed by atoms with Crippen molar-refractivity contribution >= 4 is 37.5 Å². The van der Waals surface area contributed by atoms with Crippen LogP contribution >= 0.6 is 31.9 Å². The summed E-state index contributed by atoms with van der Waals surface area (Å²) in [6.45, 7) is 0. The van der Waals surface area contributed by atoms with Crippen molar-refractivity contribution in [3.05, 3.63) is 27.1 Å². The second-order valence-corrected chi connectivity index (χ2v) is 5.87. The molecule has 0 unspecified atom stereocenters. The minimum absolute atomic E-state index is 0.657. The van der Waals surface area contributed by atoms with Crippen molar-refractivity contribution in [3.63, 3.8) is 0 Å². The first kappa shape index (κ1) is 11.5. The zero-order valence-corrected chi connectivity index (χ0v) is 11.8. The lowest BCUT2D eigenvalue weighted by atomic mass is 9.95. The number of benzene rings is 1. The molecule has 0 amide bonds. The van der Waals surface area contributed by atoms with E-state index >= 15 is 0 Å². The number of rotatable bonds is 2. The Morgan fingerprint density at radius 2 is 1.80 bits per heavy atom. The van der Waals surface area contributed by atoms with E-state index < -0.39 is 0 Å². The van der Waals surface area contributed by atoms with Gasteiger partial charge in [0.1, 0.15) is 0 Å². The Kier molecular flexibility index (Phi) is 4.09. The molecule has 82 valence electrons. The van der Waals surface area contributed by atoms with E-state index in [0.717, 1.165) is 8.95 Å². The molecule has 2 rings (SSSR count). The van der Waals surface area contributed by atoms with Crippen LogP contribution in [0, 0.1) is 0 Å². The fourth-order valence-electron chi connectivity index (χ4n) is 2.07. The predicted octanol–water partition coefficient (Wildman–Crippen LogP) is 4.96. The summed E-state index contributed by atoms with van der Waals surface area (Å²) in [7, 11) is 0. The lowest BCUT2D eigenvalue weighted by Gasteiger charge is -2.24. The largest absolute Gasteiger partial charge is 0.381 e. The molecule has 0 radical (unpaired) electrons. The van der Waals surface area contributed by atoms with E-state index in [4.69, 9.17) is 0 Å². The molecule has 1 aliphatic carbocycles. The van der Waals surface area contributed by atoms with Crippen LogP contribution in [0.15, 0.2) is 27.1 Å². The highest BCUT2D eigenvalue weighted by atomic mass is 79.9. The Morgan fingerprint density at radius 1 is 1.07 bits per heavy atom. The SMILES string of the molecule is Brc1ccc(Br)c(NC2CCCCC2)c1. The van der Waals surface area contributed by atoms with E-state index in [1.807, 2.05) is 0 Å². The topological polar surface area (TPSA) is 12.0 Å². The third-order valence-electron chi connectivity index (χ3n) is 2.89. The second kappa shape index (κ2) is 5.35. The second-order valence-electron chi connectivity index (χ2n) is 4.10. The summed E-state index contributed by atoms with van der Waals surface area (Å²) in [4.78, 5) is 0. The van der Waals surface area contributed by atoms with Crippen LogP contribution in [0.25, 0.3) is 0 Å². The van der Waals surface area contributed by atoms with Gasteiger partial charge in [-0.2, -0.15) is 0 Å². The van der Waals surface area contributed by atoms with E-state index in [9.17, 15) is 0 Å². The van der Waals surface area contributed by atoms with E-state index in [-0.39, 0.29) is 0 Å².